The molecule has 0 amide bonds. The minimum Gasteiger partial charge on any atom is -0.497 e. The van der Waals surface area contributed by atoms with Crippen LogP contribution < -0.4 is 9.46 Å². The summed E-state index contributed by atoms with van der Waals surface area (Å²) in [6, 6.07) is 11.0. The third kappa shape index (κ3) is 2.87. The number of aromatic nitrogens is 1. The Labute approximate surface area is 116 Å². The van der Waals surface area contributed by atoms with Crippen LogP contribution in [0.15, 0.2) is 47.5 Å². The highest BCUT2D eigenvalue weighted by Crippen LogP contribution is 2.21. The maximum Gasteiger partial charge on any atom is 0.264 e. The summed E-state index contributed by atoms with van der Waals surface area (Å²) in [6.45, 7) is 0. The molecule has 20 heavy (non-hydrogen) atoms. The first kappa shape index (κ1) is 13.8. The molecule has 1 aromatic carbocycles. The standard InChI is InChI=1S/C13H11N3O3S/c1-19-11-5-2-4-10(8-11)16-20(17,18)13-6-3-7-15-12(13)9-14/h2-8,16H,1H3. The summed E-state index contributed by atoms with van der Waals surface area (Å²) in [4.78, 5) is 3.57. The SMILES string of the molecule is COc1cccc(NS(=O)(=O)c2cccnc2C#N)c1. The first-order valence-corrected chi connectivity index (χ1v) is 7.07. The van der Waals surface area contributed by atoms with Gasteiger partial charge in [-0.05, 0) is 24.3 Å². The molecule has 2 rings (SSSR count). The number of nitriles is 1. The number of benzene rings is 1. The van der Waals surface area contributed by atoms with Crippen LogP contribution in [0.3, 0.4) is 0 Å². The molecule has 1 heterocycles. The van der Waals surface area contributed by atoms with E-state index in [0.717, 1.165) is 0 Å². The molecule has 7 heteroatoms. The summed E-state index contributed by atoms with van der Waals surface area (Å²) in [5.41, 5.74) is 0.194. The van der Waals surface area contributed by atoms with Crippen molar-refractivity contribution in [2.75, 3.05) is 11.8 Å². The van der Waals surface area contributed by atoms with E-state index >= 15 is 0 Å². The lowest BCUT2D eigenvalue weighted by Gasteiger charge is -2.09. The third-order valence-electron chi connectivity index (χ3n) is 2.49. The molecule has 0 atom stereocenters. The highest BCUT2D eigenvalue weighted by molar-refractivity contribution is 7.92. The maximum absolute atomic E-state index is 12.2. The summed E-state index contributed by atoms with van der Waals surface area (Å²) < 4.78 is 31.9. The largest absolute Gasteiger partial charge is 0.497 e. The molecule has 0 aliphatic heterocycles. The van der Waals surface area contributed by atoms with E-state index in [9.17, 15) is 8.42 Å². The molecule has 102 valence electrons. The van der Waals surface area contributed by atoms with Gasteiger partial charge in [0.1, 0.15) is 16.7 Å². The number of hydrogen-bond donors (Lipinski definition) is 1. The van der Waals surface area contributed by atoms with Gasteiger partial charge in [-0.25, -0.2) is 13.4 Å². The molecule has 0 saturated heterocycles. The fourth-order valence-corrected chi connectivity index (χ4v) is 2.75. The molecule has 1 N–H and O–H groups in total. The van der Waals surface area contributed by atoms with Gasteiger partial charge in [-0.3, -0.25) is 4.72 Å². The Morgan fingerprint density at radius 2 is 2.10 bits per heavy atom. The fourth-order valence-electron chi connectivity index (χ4n) is 1.59. The van der Waals surface area contributed by atoms with E-state index in [-0.39, 0.29) is 10.6 Å². The normalized spacial score (nSPS) is 10.6. The van der Waals surface area contributed by atoms with Gasteiger partial charge in [-0.2, -0.15) is 5.26 Å². The Bertz CT molecular complexity index is 766. The number of pyridine rings is 1. The van der Waals surface area contributed by atoms with E-state index in [1.54, 1.807) is 30.3 Å². The summed E-state index contributed by atoms with van der Waals surface area (Å²) in [5, 5.41) is 8.91. The number of nitrogens with zero attached hydrogens (tertiary/aromatic N) is 2. The fraction of sp³-hybridized carbons (Fsp3) is 0.0769. The van der Waals surface area contributed by atoms with Crippen molar-refractivity contribution < 1.29 is 13.2 Å². The van der Waals surface area contributed by atoms with Gasteiger partial charge in [0.05, 0.1) is 12.8 Å². The van der Waals surface area contributed by atoms with Crippen molar-refractivity contribution in [2.24, 2.45) is 0 Å². The van der Waals surface area contributed by atoms with Crippen LogP contribution in [-0.4, -0.2) is 20.5 Å². The van der Waals surface area contributed by atoms with Crippen LogP contribution in [-0.2, 0) is 10.0 Å². The Hall–Kier alpha value is -2.59. The topological polar surface area (TPSA) is 92.1 Å². The van der Waals surface area contributed by atoms with Crippen LogP contribution in [0.4, 0.5) is 5.69 Å². The minimum absolute atomic E-state index is 0.150. The first-order chi connectivity index (χ1) is 9.56. The van der Waals surface area contributed by atoms with E-state index in [2.05, 4.69) is 9.71 Å². The second kappa shape index (κ2) is 5.59. The Kier molecular flexibility index (Phi) is 3.86. The predicted molar refractivity (Wildman–Crippen MR) is 72.8 cm³/mol. The number of nitrogens with one attached hydrogen (secondary N) is 1. The smallest absolute Gasteiger partial charge is 0.264 e. The van der Waals surface area contributed by atoms with Crippen LogP contribution in [0.1, 0.15) is 5.69 Å². The van der Waals surface area contributed by atoms with Crippen LogP contribution in [0, 0.1) is 11.3 Å². The second-order valence-electron chi connectivity index (χ2n) is 3.80. The van der Waals surface area contributed by atoms with Crippen LogP contribution in [0.5, 0.6) is 5.75 Å². The van der Waals surface area contributed by atoms with E-state index in [0.29, 0.717) is 11.4 Å². The van der Waals surface area contributed by atoms with E-state index in [4.69, 9.17) is 10.00 Å². The molecular weight excluding hydrogens is 278 g/mol. The quantitative estimate of drug-likeness (QED) is 0.926. The summed E-state index contributed by atoms with van der Waals surface area (Å²) in [6.07, 6.45) is 1.36. The van der Waals surface area contributed by atoms with Crippen LogP contribution >= 0.6 is 0 Å². The number of methoxy groups -OCH3 is 1. The zero-order chi connectivity index (χ0) is 14.6. The lowest BCUT2D eigenvalue weighted by Crippen LogP contribution is -2.15. The molecule has 0 radical (unpaired) electrons. The van der Waals surface area contributed by atoms with Gasteiger partial charge in [-0.1, -0.05) is 6.07 Å². The number of rotatable bonds is 4. The van der Waals surface area contributed by atoms with E-state index in [1.807, 2.05) is 0 Å². The highest BCUT2D eigenvalue weighted by Gasteiger charge is 2.19. The van der Waals surface area contributed by atoms with Crippen molar-refractivity contribution in [1.29, 1.82) is 5.26 Å². The molecule has 0 aliphatic carbocycles. The molecule has 0 spiro atoms. The number of ether oxygens (including phenoxy) is 1. The first-order valence-electron chi connectivity index (χ1n) is 5.59. The maximum atomic E-state index is 12.2. The number of hydrogen-bond acceptors (Lipinski definition) is 5. The van der Waals surface area contributed by atoms with Gasteiger partial charge < -0.3 is 4.74 Å². The number of sulfonamides is 1. The third-order valence-corrected chi connectivity index (χ3v) is 3.90. The summed E-state index contributed by atoms with van der Waals surface area (Å²) >= 11 is 0. The van der Waals surface area contributed by atoms with Gasteiger partial charge >= 0.3 is 0 Å². The Morgan fingerprint density at radius 3 is 2.80 bits per heavy atom. The zero-order valence-corrected chi connectivity index (χ0v) is 11.4. The van der Waals surface area contributed by atoms with Crippen molar-refractivity contribution in [3.63, 3.8) is 0 Å². The van der Waals surface area contributed by atoms with Crippen molar-refractivity contribution in [3.8, 4) is 11.8 Å². The average molecular weight is 289 g/mol. The number of anilines is 1. The van der Waals surface area contributed by atoms with Gasteiger partial charge in [0.25, 0.3) is 10.0 Å². The van der Waals surface area contributed by atoms with Crippen molar-refractivity contribution >= 4 is 15.7 Å². The molecule has 0 bridgehead atoms. The van der Waals surface area contributed by atoms with Crippen LogP contribution in [0.2, 0.25) is 0 Å². The van der Waals surface area contributed by atoms with Crippen molar-refractivity contribution in [1.82, 2.24) is 4.98 Å². The molecule has 0 saturated carbocycles. The van der Waals surface area contributed by atoms with Gasteiger partial charge in [-0.15, -0.1) is 0 Å². The zero-order valence-electron chi connectivity index (χ0n) is 10.6. The van der Waals surface area contributed by atoms with Gasteiger partial charge in [0.2, 0.25) is 0 Å². The second-order valence-corrected chi connectivity index (χ2v) is 5.45. The highest BCUT2D eigenvalue weighted by atomic mass is 32.2. The van der Waals surface area contributed by atoms with Crippen LogP contribution in [0.25, 0.3) is 0 Å². The predicted octanol–water partition coefficient (Wildman–Crippen LogP) is 1.76. The molecule has 0 unspecified atom stereocenters. The molecular formula is C13H11N3O3S. The molecule has 0 fully saturated rings. The molecule has 1 aromatic heterocycles. The lowest BCUT2D eigenvalue weighted by molar-refractivity contribution is 0.415. The lowest BCUT2D eigenvalue weighted by atomic mass is 10.3. The molecule has 0 aliphatic rings. The monoisotopic (exact) mass is 289 g/mol. The van der Waals surface area contributed by atoms with E-state index in [1.165, 1.54) is 25.4 Å². The van der Waals surface area contributed by atoms with Crippen molar-refractivity contribution in [3.05, 3.63) is 48.3 Å². The van der Waals surface area contributed by atoms with E-state index < -0.39 is 10.0 Å². The van der Waals surface area contributed by atoms with Crippen molar-refractivity contribution in [2.45, 2.75) is 4.90 Å². The Morgan fingerprint density at radius 1 is 1.30 bits per heavy atom. The van der Waals surface area contributed by atoms with Gasteiger partial charge in [0, 0.05) is 12.3 Å². The Balaban J connectivity index is 2.39. The summed E-state index contributed by atoms with van der Waals surface area (Å²) in [5.74, 6) is 0.525. The molecule has 6 nitrogen and oxygen atoms in total. The molecule has 2 aromatic rings. The summed E-state index contributed by atoms with van der Waals surface area (Å²) in [7, 11) is -2.38. The van der Waals surface area contributed by atoms with Gasteiger partial charge in [0.15, 0.2) is 5.69 Å². The average Bonchev–Trinajstić information content (AvgIpc) is 2.47. The minimum atomic E-state index is -3.87.